The van der Waals surface area contributed by atoms with E-state index in [1.807, 2.05) is 12.1 Å². The van der Waals surface area contributed by atoms with Gasteiger partial charge in [-0.2, -0.15) is 5.10 Å². The summed E-state index contributed by atoms with van der Waals surface area (Å²) in [6, 6.07) is 13.0. The summed E-state index contributed by atoms with van der Waals surface area (Å²) in [7, 11) is -4.03. The predicted molar refractivity (Wildman–Crippen MR) is 124 cm³/mol. The molecule has 2 N–H and O–H groups in total. The monoisotopic (exact) mass is 470 g/mol. The molecule has 1 heterocycles. The molecular formula is C24H27FN4O3S. The number of benzene rings is 2. The maximum Gasteiger partial charge on any atom is 0.256 e. The molecule has 3 aromatic rings. The summed E-state index contributed by atoms with van der Waals surface area (Å²) in [5.41, 5.74) is 2.33. The van der Waals surface area contributed by atoms with Crippen LogP contribution in [0.4, 0.5) is 10.2 Å². The first-order valence-electron chi connectivity index (χ1n) is 10.8. The molecule has 1 fully saturated rings. The van der Waals surface area contributed by atoms with E-state index in [1.165, 1.54) is 11.6 Å². The van der Waals surface area contributed by atoms with Crippen molar-refractivity contribution in [1.29, 1.82) is 0 Å². The van der Waals surface area contributed by atoms with Crippen LogP contribution in [-0.4, -0.2) is 30.1 Å². The van der Waals surface area contributed by atoms with Gasteiger partial charge in [0.25, 0.3) is 5.91 Å². The summed E-state index contributed by atoms with van der Waals surface area (Å²) in [4.78, 5) is 12.3. The minimum absolute atomic E-state index is 0.0369. The Morgan fingerprint density at radius 3 is 2.45 bits per heavy atom. The minimum Gasteiger partial charge on any atom is -0.307 e. The molecule has 174 valence electrons. The molecule has 2 aromatic carbocycles. The Morgan fingerprint density at radius 1 is 1.12 bits per heavy atom. The van der Waals surface area contributed by atoms with Gasteiger partial charge in [0.15, 0.2) is 0 Å². The van der Waals surface area contributed by atoms with Gasteiger partial charge in [0.1, 0.15) is 16.5 Å². The highest BCUT2D eigenvalue weighted by Gasteiger charge is 2.30. The van der Waals surface area contributed by atoms with Gasteiger partial charge >= 0.3 is 0 Å². The molecule has 4 rings (SSSR count). The van der Waals surface area contributed by atoms with Gasteiger partial charge in [0.2, 0.25) is 10.0 Å². The second kappa shape index (κ2) is 8.72. The van der Waals surface area contributed by atoms with Crippen molar-refractivity contribution in [3.63, 3.8) is 0 Å². The molecule has 1 amide bonds. The lowest BCUT2D eigenvalue weighted by molar-refractivity contribution is 0.102. The Labute approximate surface area is 193 Å². The first-order valence-corrected chi connectivity index (χ1v) is 12.3. The molecular weight excluding hydrogens is 443 g/mol. The number of anilines is 1. The van der Waals surface area contributed by atoms with Crippen molar-refractivity contribution in [3.8, 4) is 0 Å². The quantitative estimate of drug-likeness (QED) is 0.545. The Kier molecular flexibility index (Phi) is 6.11. The number of hydrogen-bond acceptors (Lipinski definition) is 4. The van der Waals surface area contributed by atoms with Crippen LogP contribution in [0.1, 0.15) is 55.1 Å². The molecule has 1 aliphatic rings. The van der Waals surface area contributed by atoms with Gasteiger partial charge < -0.3 is 5.32 Å². The van der Waals surface area contributed by atoms with Gasteiger partial charge in [0, 0.05) is 17.7 Å². The number of sulfonamides is 1. The predicted octanol–water partition coefficient (Wildman–Crippen LogP) is 4.06. The second-order valence-electron chi connectivity index (χ2n) is 9.32. The number of amides is 1. The number of nitrogens with one attached hydrogen (secondary N) is 2. The van der Waals surface area contributed by atoms with Crippen LogP contribution >= 0.6 is 0 Å². The van der Waals surface area contributed by atoms with Gasteiger partial charge in [-0.15, -0.1) is 0 Å². The van der Waals surface area contributed by atoms with Crippen molar-refractivity contribution in [2.45, 2.75) is 56.5 Å². The minimum atomic E-state index is -4.03. The van der Waals surface area contributed by atoms with E-state index in [1.54, 1.807) is 16.9 Å². The van der Waals surface area contributed by atoms with E-state index >= 15 is 0 Å². The molecule has 0 radical (unpaired) electrons. The molecule has 0 bridgehead atoms. The van der Waals surface area contributed by atoms with Crippen LogP contribution in [0.25, 0.3) is 0 Å². The third-order valence-electron chi connectivity index (χ3n) is 5.49. The highest BCUT2D eigenvalue weighted by Crippen LogP contribution is 2.25. The molecule has 0 saturated heterocycles. The van der Waals surface area contributed by atoms with Crippen LogP contribution in [0.15, 0.2) is 59.6 Å². The first-order chi connectivity index (χ1) is 15.5. The SMILES string of the molecule is CC(C)(C)c1ccc(Cn2nccc2NC(=O)c2ccc(F)c(S(=O)(=O)NC3CC3)c2)cc1. The van der Waals surface area contributed by atoms with E-state index in [9.17, 15) is 17.6 Å². The molecule has 0 unspecified atom stereocenters. The van der Waals surface area contributed by atoms with Gasteiger partial charge in [-0.05, 0) is 47.6 Å². The third kappa shape index (κ3) is 5.48. The van der Waals surface area contributed by atoms with Crippen LogP contribution in [0.5, 0.6) is 0 Å². The highest BCUT2D eigenvalue weighted by molar-refractivity contribution is 7.89. The third-order valence-corrected chi connectivity index (χ3v) is 7.03. The fourth-order valence-electron chi connectivity index (χ4n) is 3.37. The molecule has 1 aliphatic carbocycles. The maximum atomic E-state index is 14.2. The normalized spacial score (nSPS) is 14.3. The van der Waals surface area contributed by atoms with Crippen LogP contribution < -0.4 is 10.0 Å². The van der Waals surface area contributed by atoms with E-state index < -0.39 is 26.6 Å². The number of rotatable bonds is 7. The van der Waals surface area contributed by atoms with E-state index in [0.717, 1.165) is 30.5 Å². The van der Waals surface area contributed by atoms with E-state index in [2.05, 4.69) is 48.0 Å². The molecule has 0 spiro atoms. The van der Waals surface area contributed by atoms with Crippen molar-refractivity contribution >= 4 is 21.7 Å². The number of halogens is 1. The average molecular weight is 471 g/mol. The number of carbonyl (C=O) groups is 1. The van der Waals surface area contributed by atoms with Crippen LogP contribution in [-0.2, 0) is 22.0 Å². The van der Waals surface area contributed by atoms with Crippen LogP contribution in [0.3, 0.4) is 0 Å². The molecule has 0 aliphatic heterocycles. The summed E-state index contributed by atoms with van der Waals surface area (Å²) in [6.45, 7) is 6.90. The van der Waals surface area contributed by atoms with E-state index in [4.69, 9.17) is 0 Å². The zero-order valence-corrected chi connectivity index (χ0v) is 19.6. The molecule has 33 heavy (non-hydrogen) atoms. The van der Waals surface area contributed by atoms with Crippen molar-refractivity contribution in [2.75, 3.05) is 5.32 Å². The Balaban J connectivity index is 1.50. The molecule has 1 saturated carbocycles. The Bertz CT molecular complexity index is 1270. The summed E-state index contributed by atoms with van der Waals surface area (Å²) < 4.78 is 43.2. The summed E-state index contributed by atoms with van der Waals surface area (Å²) in [5.74, 6) is -1.00. The number of hydrogen-bond donors (Lipinski definition) is 2. The second-order valence-corrected chi connectivity index (χ2v) is 11.0. The summed E-state index contributed by atoms with van der Waals surface area (Å²) >= 11 is 0. The Hall–Kier alpha value is -3.04. The first kappa shape index (κ1) is 23.1. The summed E-state index contributed by atoms with van der Waals surface area (Å²) in [5, 5.41) is 7.01. The molecule has 1 aromatic heterocycles. The van der Waals surface area contributed by atoms with Crippen molar-refractivity contribution < 1.29 is 17.6 Å². The van der Waals surface area contributed by atoms with E-state index in [-0.39, 0.29) is 17.0 Å². The fourth-order valence-corrected chi connectivity index (χ4v) is 4.78. The summed E-state index contributed by atoms with van der Waals surface area (Å²) in [6.07, 6.45) is 3.02. The van der Waals surface area contributed by atoms with E-state index in [0.29, 0.717) is 12.4 Å². The van der Waals surface area contributed by atoms with Crippen molar-refractivity contribution in [2.24, 2.45) is 0 Å². The Morgan fingerprint density at radius 2 is 1.82 bits per heavy atom. The topological polar surface area (TPSA) is 93.1 Å². The van der Waals surface area contributed by atoms with Gasteiger partial charge in [-0.1, -0.05) is 45.0 Å². The van der Waals surface area contributed by atoms with Crippen LogP contribution in [0, 0.1) is 5.82 Å². The number of nitrogens with zero attached hydrogens (tertiary/aromatic N) is 2. The molecule has 0 atom stereocenters. The van der Waals surface area contributed by atoms with Crippen molar-refractivity contribution in [3.05, 3.63) is 77.2 Å². The zero-order chi connectivity index (χ0) is 23.8. The van der Waals surface area contributed by atoms with Gasteiger partial charge in [-0.25, -0.2) is 22.2 Å². The smallest absolute Gasteiger partial charge is 0.256 e. The lowest BCUT2D eigenvalue weighted by Crippen LogP contribution is -2.27. The lowest BCUT2D eigenvalue weighted by Gasteiger charge is -2.19. The maximum absolute atomic E-state index is 14.2. The van der Waals surface area contributed by atoms with Crippen LogP contribution in [0.2, 0.25) is 0 Å². The number of carbonyl (C=O) groups excluding carboxylic acids is 1. The zero-order valence-electron chi connectivity index (χ0n) is 18.8. The van der Waals surface area contributed by atoms with Crippen molar-refractivity contribution in [1.82, 2.24) is 14.5 Å². The average Bonchev–Trinajstić information content (AvgIpc) is 3.45. The van der Waals surface area contributed by atoms with Gasteiger partial charge in [-0.3, -0.25) is 4.79 Å². The largest absolute Gasteiger partial charge is 0.307 e. The van der Waals surface area contributed by atoms with Gasteiger partial charge in [0.05, 0.1) is 12.7 Å². The highest BCUT2D eigenvalue weighted by atomic mass is 32.2. The number of aromatic nitrogens is 2. The standard InChI is InChI=1S/C24H27FN4O3S/c1-24(2,3)18-7-4-16(5-8-18)15-29-22(12-13-26-29)27-23(30)17-6-11-20(25)21(14-17)33(31,32)28-19-9-10-19/h4-8,11-14,19,28H,9-10,15H2,1-3H3,(H,27,30). The lowest BCUT2D eigenvalue weighted by atomic mass is 9.87. The fraction of sp³-hybridized carbons (Fsp3) is 0.333. The molecule has 7 nitrogen and oxygen atoms in total. The molecule has 9 heteroatoms.